The van der Waals surface area contributed by atoms with E-state index in [0.717, 1.165) is 0 Å². The van der Waals surface area contributed by atoms with Gasteiger partial charge in [-0.1, -0.05) is 5.92 Å². The van der Waals surface area contributed by atoms with Crippen molar-refractivity contribution < 1.29 is 9.53 Å². The van der Waals surface area contributed by atoms with Crippen LogP contribution in [0.5, 0.6) is 0 Å². The van der Waals surface area contributed by atoms with E-state index in [2.05, 4.69) is 27.1 Å². The molecule has 1 rings (SSSR count). The molecule has 0 saturated carbocycles. The lowest BCUT2D eigenvalue weighted by molar-refractivity contribution is -0.140. The SMILES string of the molecule is CC#COC(=O)C1CN=CNC1. The molecule has 0 radical (unpaired) electrons. The third kappa shape index (κ3) is 2.27. The van der Waals surface area contributed by atoms with Gasteiger partial charge >= 0.3 is 5.97 Å². The minimum absolute atomic E-state index is 0.198. The molecule has 0 aromatic carbocycles. The van der Waals surface area contributed by atoms with E-state index < -0.39 is 0 Å². The highest BCUT2D eigenvalue weighted by atomic mass is 16.5. The third-order valence-electron chi connectivity index (χ3n) is 1.46. The molecular formula is C8H10N2O2. The van der Waals surface area contributed by atoms with Gasteiger partial charge in [-0.2, -0.15) is 0 Å². The van der Waals surface area contributed by atoms with Crippen LogP contribution in [-0.2, 0) is 9.53 Å². The van der Waals surface area contributed by atoms with Gasteiger partial charge in [0.05, 0.1) is 18.8 Å². The summed E-state index contributed by atoms with van der Waals surface area (Å²) in [5, 5.41) is 2.85. The molecule has 4 nitrogen and oxygen atoms in total. The summed E-state index contributed by atoms with van der Waals surface area (Å²) >= 11 is 0. The van der Waals surface area contributed by atoms with E-state index in [1.807, 2.05) is 0 Å². The smallest absolute Gasteiger partial charge is 0.326 e. The zero-order valence-electron chi connectivity index (χ0n) is 6.83. The molecule has 1 heterocycles. The molecule has 4 heteroatoms. The summed E-state index contributed by atoms with van der Waals surface area (Å²) in [4.78, 5) is 15.0. The highest BCUT2D eigenvalue weighted by Gasteiger charge is 2.20. The van der Waals surface area contributed by atoms with E-state index in [1.165, 1.54) is 0 Å². The molecule has 12 heavy (non-hydrogen) atoms. The zero-order chi connectivity index (χ0) is 8.81. The van der Waals surface area contributed by atoms with Crippen molar-refractivity contribution in [3.05, 3.63) is 0 Å². The predicted octanol–water partition coefficient (Wildman–Crippen LogP) is -0.242. The molecule has 0 aliphatic carbocycles. The second kappa shape index (κ2) is 4.39. The molecule has 0 amide bonds. The van der Waals surface area contributed by atoms with Gasteiger partial charge in [-0.25, -0.2) is 0 Å². The monoisotopic (exact) mass is 166 g/mol. The number of nitrogens with zero attached hydrogens (tertiary/aromatic N) is 1. The van der Waals surface area contributed by atoms with Crippen molar-refractivity contribution in [1.29, 1.82) is 0 Å². The molecule has 0 aromatic heterocycles. The lowest BCUT2D eigenvalue weighted by Crippen LogP contribution is -2.34. The number of hydrogen-bond donors (Lipinski definition) is 1. The van der Waals surface area contributed by atoms with Crippen molar-refractivity contribution in [3.8, 4) is 12.0 Å². The molecule has 1 unspecified atom stereocenters. The average Bonchev–Trinajstić information content (AvgIpc) is 2.15. The van der Waals surface area contributed by atoms with Crippen molar-refractivity contribution in [2.24, 2.45) is 10.9 Å². The van der Waals surface area contributed by atoms with Crippen molar-refractivity contribution in [3.63, 3.8) is 0 Å². The molecule has 1 atom stereocenters. The number of aliphatic imine (C=N–C) groups is 1. The van der Waals surface area contributed by atoms with Crippen LogP contribution < -0.4 is 5.32 Å². The van der Waals surface area contributed by atoms with E-state index >= 15 is 0 Å². The molecular weight excluding hydrogens is 156 g/mol. The molecule has 0 saturated heterocycles. The summed E-state index contributed by atoms with van der Waals surface area (Å²) in [7, 11) is 0. The highest BCUT2D eigenvalue weighted by molar-refractivity contribution is 5.75. The van der Waals surface area contributed by atoms with Gasteiger partial charge in [0.25, 0.3) is 0 Å². The van der Waals surface area contributed by atoms with Gasteiger partial charge in [0.15, 0.2) is 0 Å². The second-order valence-electron chi connectivity index (χ2n) is 2.37. The molecule has 1 N–H and O–H groups in total. The lowest BCUT2D eigenvalue weighted by Gasteiger charge is -2.14. The Kier molecular flexibility index (Phi) is 3.15. The van der Waals surface area contributed by atoms with Crippen LogP contribution in [0.3, 0.4) is 0 Å². The Hall–Kier alpha value is -1.50. The summed E-state index contributed by atoms with van der Waals surface area (Å²) in [5.74, 6) is 1.98. The van der Waals surface area contributed by atoms with Gasteiger partial charge in [0.2, 0.25) is 0 Å². The van der Waals surface area contributed by atoms with E-state index in [4.69, 9.17) is 0 Å². The first-order valence-electron chi connectivity index (χ1n) is 3.68. The van der Waals surface area contributed by atoms with Gasteiger partial charge in [-0.15, -0.1) is 0 Å². The Morgan fingerprint density at radius 2 is 2.67 bits per heavy atom. The van der Waals surface area contributed by atoms with E-state index in [1.54, 1.807) is 13.3 Å². The van der Waals surface area contributed by atoms with Crippen LogP contribution in [0.2, 0.25) is 0 Å². The Bertz CT molecular complexity index is 250. The van der Waals surface area contributed by atoms with E-state index in [0.29, 0.717) is 13.1 Å². The van der Waals surface area contributed by atoms with Gasteiger partial charge < -0.3 is 10.1 Å². The number of carbonyl (C=O) groups is 1. The number of carbonyl (C=O) groups excluding carboxylic acids is 1. The lowest BCUT2D eigenvalue weighted by atomic mass is 10.1. The summed E-state index contributed by atoms with van der Waals surface area (Å²) < 4.78 is 4.62. The fourth-order valence-corrected chi connectivity index (χ4v) is 0.847. The number of hydrogen-bond acceptors (Lipinski definition) is 4. The molecule has 1 aliphatic rings. The molecule has 0 bridgehead atoms. The van der Waals surface area contributed by atoms with Crippen molar-refractivity contribution in [2.45, 2.75) is 6.92 Å². The summed E-state index contributed by atoms with van der Waals surface area (Å²) in [5.41, 5.74) is 0. The fraction of sp³-hybridized carbons (Fsp3) is 0.500. The van der Waals surface area contributed by atoms with Gasteiger partial charge in [-0.3, -0.25) is 9.79 Å². The van der Waals surface area contributed by atoms with E-state index in [-0.39, 0.29) is 11.9 Å². The standard InChI is InChI=1S/C8H10N2O2/c1-2-3-12-8(11)7-4-9-6-10-5-7/h6-7H,4-5H2,1H3,(H,9,10). The third-order valence-corrected chi connectivity index (χ3v) is 1.46. The summed E-state index contributed by atoms with van der Waals surface area (Å²) in [6, 6.07) is 0. The van der Waals surface area contributed by atoms with Crippen LogP contribution in [0.15, 0.2) is 4.99 Å². The Morgan fingerprint density at radius 3 is 3.25 bits per heavy atom. The van der Waals surface area contributed by atoms with Crippen LogP contribution in [0.4, 0.5) is 0 Å². The van der Waals surface area contributed by atoms with Crippen molar-refractivity contribution >= 4 is 12.3 Å². The molecule has 0 aromatic rings. The second-order valence-corrected chi connectivity index (χ2v) is 2.37. The quantitative estimate of drug-likeness (QED) is 0.432. The fourth-order valence-electron chi connectivity index (χ4n) is 0.847. The molecule has 1 aliphatic heterocycles. The Balaban J connectivity index is 2.39. The summed E-state index contributed by atoms with van der Waals surface area (Å²) in [6.45, 7) is 2.68. The number of rotatable bonds is 1. The number of esters is 1. The van der Waals surface area contributed by atoms with E-state index in [9.17, 15) is 4.79 Å². The van der Waals surface area contributed by atoms with Crippen LogP contribution in [0, 0.1) is 17.9 Å². The largest absolute Gasteiger partial charge is 0.375 e. The zero-order valence-corrected chi connectivity index (χ0v) is 6.83. The molecule has 64 valence electrons. The van der Waals surface area contributed by atoms with Gasteiger partial charge in [-0.05, 0) is 0 Å². The average molecular weight is 166 g/mol. The topological polar surface area (TPSA) is 50.7 Å². The van der Waals surface area contributed by atoms with Crippen LogP contribution >= 0.6 is 0 Å². The van der Waals surface area contributed by atoms with Crippen LogP contribution in [0.25, 0.3) is 0 Å². The first-order valence-corrected chi connectivity index (χ1v) is 3.68. The summed E-state index contributed by atoms with van der Waals surface area (Å²) in [6.07, 6.45) is 3.86. The minimum atomic E-state index is -0.311. The Labute approximate surface area is 71.0 Å². The first kappa shape index (κ1) is 8.60. The predicted molar refractivity (Wildman–Crippen MR) is 44.4 cm³/mol. The van der Waals surface area contributed by atoms with Crippen molar-refractivity contribution in [2.75, 3.05) is 13.1 Å². The normalized spacial score (nSPS) is 20.2. The van der Waals surface area contributed by atoms with Gasteiger partial charge in [0.1, 0.15) is 6.11 Å². The number of ether oxygens (including phenoxy) is 1. The molecule has 0 fully saturated rings. The van der Waals surface area contributed by atoms with Crippen LogP contribution in [-0.4, -0.2) is 25.4 Å². The molecule has 0 spiro atoms. The highest BCUT2D eigenvalue weighted by Crippen LogP contribution is 2.01. The Morgan fingerprint density at radius 1 is 1.83 bits per heavy atom. The maximum absolute atomic E-state index is 11.1. The first-order chi connectivity index (χ1) is 5.84. The van der Waals surface area contributed by atoms with Crippen molar-refractivity contribution in [1.82, 2.24) is 5.32 Å². The maximum Gasteiger partial charge on any atom is 0.326 e. The van der Waals surface area contributed by atoms with Crippen LogP contribution in [0.1, 0.15) is 6.92 Å². The maximum atomic E-state index is 11.1. The van der Waals surface area contributed by atoms with Gasteiger partial charge in [0, 0.05) is 13.5 Å². The minimum Gasteiger partial charge on any atom is -0.375 e. The number of nitrogens with one attached hydrogen (secondary N) is 1.